The standard InChI is InChI=1S/C13H13BrF5N/c14-9-5-12(11(16)6-10(9)15)20-8-3-1-2-7(4-8)13(17,18)19/h5-8,20H,1-4H2. The van der Waals surface area contributed by atoms with E-state index in [1.54, 1.807) is 0 Å². The monoisotopic (exact) mass is 357 g/mol. The predicted molar refractivity (Wildman–Crippen MR) is 69.5 cm³/mol. The molecule has 1 N–H and O–H groups in total. The highest BCUT2D eigenvalue weighted by molar-refractivity contribution is 9.10. The highest BCUT2D eigenvalue weighted by atomic mass is 79.9. The summed E-state index contributed by atoms with van der Waals surface area (Å²) in [6, 6.07) is 1.46. The fraction of sp³-hybridized carbons (Fsp3) is 0.538. The van der Waals surface area contributed by atoms with Gasteiger partial charge in [-0.15, -0.1) is 0 Å². The first-order valence-electron chi connectivity index (χ1n) is 6.25. The molecular formula is C13H13BrF5N. The van der Waals surface area contributed by atoms with Crippen LogP contribution < -0.4 is 5.32 Å². The second-order valence-corrected chi connectivity index (χ2v) is 5.85. The third-order valence-corrected chi connectivity index (χ3v) is 4.11. The quantitative estimate of drug-likeness (QED) is 0.562. The van der Waals surface area contributed by atoms with E-state index in [1.165, 1.54) is 6.07 Å². The molecule has 1 aliphatic rings. The number of alkyl halides is 3. The second-order valence-electron chi connectivity index (χ2n) is 4.99. The summed E-state index contributed by atoms with van der Waals surface area (Å²) < 4.78 is 64.8. The largest absolute Gasteiger partial charge is 0.391 e. The normalized spacial score (nSPS) is 23.7. The molecule has 2 rings (SSSR count). The lowest BCUT2D eigenvalue weighted by Crippen LogP contribution is -2.34. The maximum atomic E-state index is 13.6. The van der Waals surface area contributed by atoms with Crippen molar-refractivity contribution in [1.82, 2.24) is 0 Å². The minimum atomic E-state index is -4.22. The molecule has 0 saturated heterocycles. The highest BCUT2D eigenvalue weighted by Crippen LogP contribution is 2.38. The van der Waals surface area contributed by atoms with Crippen molar-refractivity contribution in [3.05, 3.63) is 28.2 Å². The van der Waals surface area contributed by atoms with Gasteiger partial charge in [0, 0.05) is 12.1 Å². The van der Waals surface area contributed by atoms with Gasteiger partial charge in [-0.2, -0.15) is 13.2 Å². The zero-order chi connectivity index (χ0) is 14.9. The molecule has 0 amide bonds. The molecule has 1 aliphatic carbocycles. The summed E-state index contributed by atoms with van der Waals surface area (Å²) in [5.74, 6) is -2.91. The van der Waals surface area contributed by atoms with Crippen LogP contribution in [0.2, 0.25) is 0 Å². The summed E-state index contributed by atoms with van der Waals surface area (Å²) in [7, 11) is 0. The van der Waals surface area contributed by atoms with E-state index >= 15 is 0 Å². The molecule has 1 aromatic rings. The summed E-state index contributed by atoms with van der Waals surface area (Å²) in [5, 5.41) is 2.75. The average Bonchev–Trinajstić information content (AvgIpc) is 2.35. The fourth-order valence-corrected chi connectivity index (χ4v) is 2.81. The molecule has 1 saturated carbocycles. The third-order valence-electron chi connectivity index (χ3n) is 3.51. The number of anilines is 1. The Kier molecular flexibility index (Phi) is 4.56. The molecule has 112 valence electrons. The van der Waals surface area contributed by atoms with Crippen molar-refractivity contribution in [3.63, 3.8) is 0 Å². The van der Waals surface area contributed by atoms with Gasteiger partial charge in [-0.25, -0.2) is 8.78 Å². The van der Waals surface area contributed by atoms with E-state index in [4.69, 9.17) is 0 Å². The molecule has 2 unspecified atom stereocenters. The smallest absolute Gasteiger partial charge is 0.380 e. The average molecular weight is 358 g/mol. The number of rotatable bonds is 2. The van der Waals surface area contributed by atoms with E-state index in [-0.39, 0.29) is 23.0 Å². The molecule has 1 nitrogen and oxygen atoms in total. The maximum Gasteiger partial charge on any atom is 0.391 e. The molecule has 1 fully saturated rings. The first-order valence-corrected chi connectivity index (χ1v) is 7.04. The van der Waals surface area contributed by atoms with E-state index in [1.807, 2.05) is 0 Å². The molecule has 0 bridgehead atoms. The lowest BCUT2D eigenvalue weighted by atomic mass is 9.85. The molecular weight excluding hydrogens is 345 g/mol. The number of hydrogen-bond donors (Lipinski definition) is 1. The first kappa shape index (κ1) is 15.5. The Labute approximate surface area is 121 Å². The summed E-state index contributed by atoms with van der Waals surface area (Å²) >= 11 is 2.93. The maximum absolute atomic E-state index is 13.6. The van der Waals surface area contributed by atoms with Gasteiger partial charge in [0.1, 0.15) is 11.6 Å². The summed E-state index contributed by atoms with van der Waals surface area (Å²) in [6.45, 7) is 0. The Hall–Kier alpha value is -0.850. The molecule has 1 aromatic carbocycles. The van der Waals surface area contributed by atoms with Gasteiger partial charge < -0.3 is 5.32 Å². The molecule has 0 radical (unpaired) electrons. The predicted octanol–water partition coefficient (Wildman–Crippen LogP) is 5.26. The van der Waals surface area contributed by atoms with Crippen molar-refractivity contribution < 1.29 is 22.0 Å². The van der Waals surface area contributed by atoms with Gasteiger partial charge in [0.15, 0.2) is 0 Å². The van der Waals surface area contributed by atoms with E-state index in [9.17, 15) is 22.0 Å². The van der Waals surface area contributed by atoms with Crippen LogP contribution in [0.5, 0.6) is 0 Å². The Morgan fingerprint density at radius 2 is 1.80 bits per heavy atom. The van der Waals surface area contributed by atoms with E-state index < -0.39 is 29.8 Å². The summed E-state index contributed by atoms with van der Waals surface area (Å²) in [5.41, 5.74) is 0.0195. The van der Waals surface area contributed by atoms with Gasteiger partial charge in [0.25, 0.3) is 0 Å². The number of nitrogens with one attached hydrogen (secondary N) is 1. The van der Waals surface area contributed by atoms with Gasteiger partial charge in [-0.05, 0) is 41.3 Å². The second kappa shape index (κ2) is 5.87. The molecule has 0 heterocycles. The van der Waals surface area contributed by atoms with Crippen molar-refractivity contribution in [2.45, 2.75) is 37.9 Å². The van der Waals surface area contributed by atoms with Crippen molar-refractivity contribution in [2.75, 3.05) is 5.32 Å². The molecule has 2 atom stereocenters. The highest BCUT2D eigenvalue weighted by Gasteiger charge is 2.42. The lowest BCUT2D eigenvalue weighted by Gasteiger charge is -2.31. The van der Waals surface area contributed by atoms with Crippen LogP contribution >= 0.6 is 15.9 Å². The van der Waals surface area contributed by atoms with Crippen molar-refractivity contribution >= 4 is 21.6 Å². The number of benzene rings is 1. The molecule has 0 spiro atoms. The van der Waals surface area contributed by atoms with Crippen LogP contribution in [0.15, 0.2) is 16.6 Å². The topological polar surface area (TPSA) is 12.0 Å². The lowest BCUT2D eigenvalue weighted by molar-refractivity contribution is -0.182. The van der Waals surface area contributed by atoms with Crippen molar-refractivity contribution in [1.29, 1.82) is 0 Å². The third kappa shape index (κ3) is 3.62. The van der Waals surface area contributed by atoms with Gasteiger partial charge in [-0.1, -0.05) is 6.42 Å². The van der Waals surface area contributed by atoms with Gasteiger partial charge in [0.2, 0.25) is 0 Å². The fourth-order valence-electron chi connectivity index (χ4n) is 2.47. The molecule has 0 aliphatic heterocycles. The van der Waals surface area contributed by atoms with Crippen LogP contribution in [0.3, 0.4) is 0 Å². The minimum Gasteiger partial charge on any atom is -0.380 e. The van der Waals surface area contributed by atoms with Crippen LogP contribution in [-0.2, 0) is 0 Å². The van der Waals surface area contributed by atoms with Crippen LogP contribution in [0.1, 0.15) is 25.7 Å². The number of halogens is 6. The Balaban J connectivity index is 2.08. The van der Waals surface area contributed by atoms with Gasteiger partial charge in [0.05, 0.1) is 16.1 Å². The van der Waals surface area contributed by atoms with Gasteiger partial charge >= 0.3 is 6.18 Å². The SMILES string of the molecule is Fc1cc(F)c(NC2CCCC(C(F)(F)F)C2)cc1Br. The van der Waals surface area contributed by atoms with E-state index in [0.29, 0.717) is 18.9 Å². The molecule has 0 aromatic heterocycles. The van der Waals surface area contributed by atoms with Crippen molar-refractivity contribution in [2.24, 2.45) is 5.92 Å². The van der Waals surface area contributed by atoms with Crippen LogP contribution in [0.4, 0.5) is 27.6 Å². The Morgan fingerprint density at radius 1 is 1.10 bits per heavy atom. The van der Waals surface area contributed by atoms with Gasteiger partial charge in [-0.3, -0.25) is 0 Å². The zero-order valence-electron chi connectivity index (χ0n) is 10.4. The minimum absolute atomic E-state index is 0.0195. The molecule has 20 heavy (non-hydrogen) atoms. The number of hydrogen-bond acceptors (Lipinski definition) is 1. The van der Waals surface area contributed by atoms with E-state index in [2.05, 4.69) is 21.2 Å². The van der Waals surface area contributed by atoms with Crippen LogP contribution in [0, 0.1) is 17.6 Å². The Bertz CT molecular complexity index is 488. The first-order chi connectivity index (χ1) is 9.27. The molecule has 7 heteroatoms. The van der Waals surface area contributed by atoms with Crippen molar-refractivity contribution in [3.8, 4) is 0 Å². The summed E-state index contributed by atoms with van der Waals surface area (Å²) in [4.78, 5) is 0. The van der Waals surface area contributed by atoms with E-state index in [0.717, 1.165) is 0 Å². The van der Waals surface area contributed by atoms with Crippen LogP contribution in [0.25, 0.3) is 0 Å². The Morgan fingerprint density at radius 3 is 2.45 bits per heavy atom. The summed E-state index contributed by atoms with van der Waals surface area (Å²) in [6.07, 6.45) is -3.22. The van der Waals surface area contributed by atoms with Crippen LogP contribution in [-0.4, -0.2) is 12.2 Å². The zero-order valence-corrected chi connectivity index (χ0v) is 12.0.